The summed E-state index contributed by atoms with van der Waals surface area (Å²) in [7, 11) is 0. The van der Waals surface area contributed by atoms with E-state index < -0.39 is 11.8 Å². The smallest absolute Gasteiger partial charge is 0.355 e. The lowest BCUT2D eigenvalue weighted by Gasteiger charge is -2.05. The molecule has 3 N–H and O–H groups in total. The van der Waals surface area contributed by atoms with Crippen LogP contribution < -0.4 is 5.73 Å². The summed E-state index contributed by atoms with van der Waals surface area (Å²) in [6, 6.07) is 7.28. The van der Waals surface area contributed by atoms with Crippen molar-refractivity contribution in [3.05, 3.63) is 58.4 Å². The molecule has 0 atom stereocenters. The van der Waals surface area contributed by atoms with Crippen molar-refractivity contribution in [2.75, 3.05) is 5.73 Å². The summed E-state index contributed by atoms with van der Waals surface area (Å²) in [6.07, 6.45) is 1.32. The van der Waals surface area contributed by atoms with Crippen molar-refractivity contribution >= 4 is 29.0 Å². The monoisotopic (exact) mass is 276 g/mol. The van der Waals surface area contributed by atoms with Crippen molar-refractivity contribution in [1.29, 1.82) is 0 Å². The zero-order chi connectivity index (χ0) is 14.0. The van der Waals surface area contributed by atoms with Gasteiger partial charge in [0.25, 0.3) is 0 Å². The zero-order valence-electron chi connectivity index (χ0n) is 9.63. The first-order chi connectivity index (χ1) is 9.00. The van der Waals surface area contributed by atoms with Crippen LogP contribution in [-0.2, 0) is 0 Å². The number of aromatic carboxylic acids is 1. The predicted octanol–water partition coefficient (Wildman–Crippen LogP) is 2.25. The summed E-state index contributed by atoms with van der Waals surface area (Å²) < 4.78 is 0. The van der Waals surface area contributed by atoms with Crippen LogP contribution >= 0.6 is 11.6 Å². The molecule has 0 aliphatic rings. The predicted molar refractivity (Wildman–Crippen MR) is 70.5 cm³/mol. The molecule has 2 aromatic rings. The van der Waals surface area contributed by atoms with Gasteiger partial charge in [-0.3, -0.25) is 4.79 Å². The quantitative estimate of drug-likeness (QED) is 0.662. The summed E-state index contributed by atoms with van der Waals surface area (Å²) in [5, 5.41) is 9.33. The van der Waals surface area contributed by atoms with Gasteiger partial charge in [-0.1, -0.05) is 11.6 Å². The lowest BCUT2D eigenvalue weighted by atomic mass is 10.0. The standard InChI is InChI=1S/C13H9ClN2O3/c14-9-4-3-7(6-10(9)15)12(17)8-2-1-5-16-11(8)13(18)19/h1-6H,15H2,(H,18,19). The van der Waals surface area contributed by atoms with Gasteiger partial charge >= 0.3 is 5.97 Å². The van der Waals surface area contributed by atoms with Gasteiger partial charge in [-0.25, -0.2) is 9.78 Å². The van der Waals surface area contributed by atoms with Crippen molar-refractivity contribution in [3.63, 3.8) is 0 Å². The number of anilines is 1. The Labute approximate surface area is 113 Å². The molecule has 1 heterocycles. The van der Waals surface area contributed by atoms with Gasteiger partial charge in [-0.15, -0.1) is 0 Å². The van der Waals surface area contributed by atoms with Crippen molar-refractivity contribution in [2.24, 2.45) is 0 Å². The van der Waals surface area contributed by atoms with Gasteiger partial charge in [0.1, 0.15) is 0 Å². The summed E-state index contributed by atoms with van der Waals surface area (Å²) >= 11 is 5.77. The van der Waals surface area contributed by atoms with Crippen LogP contribution in [0.1, 0.15) is 26.4 Å². The largest absolute Gasteiger partial charge is 0.476 e. The first-order valence-electron chi connectivity index (χ1n) is 5.28. The molecule has 0 bridgehead atoms. The van der Waals surface area contributed by atoms with Crippen LogP contribution in [0.5, 0.6) is 0 Å². The van der Waals surface area contributed by atoms with Gasteiger partial charge in [0.05, 0.1) is 16.3 Å². The fraction of sp³-hybridized carbons (Fsp3) is 0. The molecule has 19 heavy (non-hydrogen) atoms. The molecule has 0 saturated heterocycles. The van der Waals surface area contributed by atoms with E-state index in [1.807, 2.05) is 0 Å². The molecule has 1 aromatic heterocycles. The number of nitrogens with two attached hydrogens (primary N) is 1. The summed E-state index contributed by atoms with van der Waals surface area (Å²) in [5.41, 5.74) is 5.86. The van der Waals surface area contributed by atoms with Crippen LogP contribution in [0.25, 0.3) is 0 Å². The molecule has 2 rings (SSSR count). The van der Waals surface area contributed by atoms with Crippen LogP contribution in [0.3, 0.4) is 0 Å². The second kappa shape index (κ2) is 5.07. The Morgan fingerprint density at radius 3 is 2.63 bits per heavy atom. The number of halogens is 1. The van der Waals surface area contributed by atoms with E-state index in [1.165, 1.54) is 36.5 Å². The molecule has 6 heteroatoms. The normalized spacial score (nSPS) is 10.2. The molecule has 0 fully saturated rings. The fourth-order valence-electron chi connectivity index (χ4n) is 1.60. The van der Waals surface area contributed by atoms with E-state index >= 15 is 0 Å². The molecule has 5 nitrogen and oxygen atoms in total. The van der Waals surface area contributed by atoms with Crippen LogP contribution in [0.4, 0.5) is 5.69 Å². The summed E-state index contributed by atoms with van der Waals surface area (Å²) in [5.74, 6) is -1.72. The van der Waals surface area contributed by atoms with Gasteiger partial charge in [0.15, 0.2) is 11.5 Å². The first kappa shape index (κ1) is 13.0. The Balaban J connectivity index is 2.50. The number of ketones is 1. The number of carboxylic acids is 1. The van der Waals surface area contributed by atoms with E-state index in [4.69, 9.17) is 22.4 Å². The van der Waals surface area contributed by atoms with Crippen LogP contribution in [0.2, 0.25) is 5.02 Å². The third-order valence-electron chi connectivity index (χ3n) is 2.51. The van der Waals surface area contributed by atoms with Crippen molar-refractivity contribution in [1.82, 2.24) is 4.98 Å². The molecule has 96 valence electrons. The Morgan fingerprint density at radius 1 is 1.26 bits per heavy atom. The maximum Gasteiger partial charge on any atom is 0.355 e. The third-order valence-corrected chi connectivity index (χ3v) is 2.86. The molecular formula is C13H9ClN2O3. The van der Waals surface area contributed by atoms with Gasteiger partial charge in [0.2, 0.25) is 0 Å². The summed E-state index contributed by atoms with van der Waals surface area (Å²) in [6.45, 7) is 0. The Kier molecular flexibility index (Phi) is 3.48. The van der Waals surface area contributed by atoms with Crippen LogP contribution in [0, 0.1) is 0 Å². The first-order valence-corrected chi connectivity index (χ1v) is 5.66. The minimum absolute atomic E-state index is 0.0109. The number of carbonyl (C=O) groups excluding carboxylic acids is 1. The van der Waals surface area contributed by atoms with Gasteiger partial charge < -0.3 is 10.8 Å². The SMILES string of the molecule is Nc1cc(C(=O)c2cccnc2C(=O)O)ccc1Cl. The number of carboxylic acid groups (broad SMARTS) is 1. The second-order valence-corrected chi connectivity index (χ2v) is 4.18. The van der Waals surface area contributed by atoms with Crippen molar-refractivity contribution < 1.29 is 14.7 Å². The van der Waals surface area contributed by atoms with E-state index in [0.717, 1.165) is 0 Å². The maximum atomic E-state index is 12.2. The van der Waals surface area contributed by atoms with E-state index in [0.29, 0.717) is 5.02 Å². The van der Waals surface area contributed by atoms with E-state index in [2.05, 4.69) is 4.98 Å². The number of hydrogen-bond acceptors (Lipinski definition) is 4. The fourth-order valence-corrected chi connectivity index (χ4v) is 1.72. The number of nitrogen functional groups attached to an aromatic ring is 1. The van der Waals surface area contributed by atoms with E-state index in [1.54, 1.807) is 0 Å². The minimum atomic E-state index is -1.26. The molecule has 1 aromatic carbocycles. The topological polar surface area (TPSA) is 93.3 Å². The lowest BCUT2D eigenvalue weighted by Crippen LogP contribution is -2.11. The van der Waals surface area contributed by atoms with E-state index in [-0.39, 0.29) is 22.5 Å². The third kappa shape index (κ3) is 2.56. The molecule has 0 amide bonds. The molecule has 0 aliphatic carbocycles. The maximum absolute atomic E-state index is 12.2. The summed E-state index contributed by atoms with van der Waals surface area (Å²) in [4.78, 5) is 26.9. The number of nitrogens with zero attached hydrogens (tertiary/aromatic N) is 1. The molecule has 0 saturated carbocycles. The molecule has 0 spiro atoms. The molecule has 0 unspecified atom stereocenters. The number of carbonyl (C=O) groups is 2. The number of rotatable bonds is 3. The zero-order valence-corrected chi connectivity index (χ0v) is 10.4. The number of pyridine rings is 1. The Hall–Kier alpha value is -2.40. The number of hydrogen-bond donors (Lipinski definition) is 2. The van der Waals surface area contributed by atoms with Crippen LogP contribution in [-0.4, -0.2) is 21.8 Å². The highest BCUT2D eigenvalue weighted by atomic mass is 35.5. The highest BCUT2D eigenvalue weighted by Crippen LogP contribution is 2.22. The average Bonchev–Trinajstić information content (AvgIpc) is 2.41. The number of aromatic nitrogens is 1. The van der Waals surface area contributed by atoms with Crippen LogP contribution in [0.15, 0.2) is 36.5 Å². The number of benzene rings is 1. The highest BCUT2D eigenvalue weighted by molar-refractivity contribution is 6.33. The highest BCUT2D eigenvalue weighted by Gasteiger charge is 2.19. The Bertz CT molecular complexity index is 671. The second-order valence-electron chi connectivity index (χ2n) is 3.77. The van der Waals surface area contributed by atoms with Crippen molar-refractivity contribution in [2.45, 2.75) is 0 Å². The molecular weight excluding hydrogens is 268 g/mol. The average molecular weight is 277 g/mol. The van der Waals surface area contributed by atoms with Gasteiger partial charge in [0, 0.05) is 11.8 Å². The van der Waals surface area contributed by atoms with E-state index in [9.17, 15) is 9.59 Å². The Morgan fingerprint density at radius 2 is 2.00 bits per heavy atom. The molecule has 0 aliphatic heterocycles. The van der Waals surface area contributed by atoms with Crippen molar-refractivity contribution in [3.8, 4) is 0 Å². The lowest BCUT2D eigenvalue weighted by molar-refractivity contribution is 0.0686. The molecule has 0 radical (unpaired) electrons. The minimum Gasteiger partial charge on any atom is -0.476 e. The van der Waals surface area contributed by atoms with Gasteiger partial charge in [-0.05, 0) is 30.3 Å². The van der Waals surface area contributed by atoms with Gasteiger partial charge in [-0.2, -0.15) is 0 Å².